The smallest absolute Gasteiger partial charge is 0.0405 e. The van der Waals surface area contributed by atoms with Gasteiger partial charge in [-0.15, -0.1) is 0 Å². The molecule has 0 spiro atoms. The Bertz CT molecular complexity index is 313. The summed E-state index contributed by atoms with van der Waals surface area (Å²) in [6, 6.07) is 0.514. The van der Waals surface area contributed by atoms with Crippen molar-refractivity contribution in [2.75, 3.05) is 20.1 Å². The fraction of sp³-hybridized carbons (Fsp3) is 0.600. The van der Waals surface area contributed by atoms with E-state index in [1.165, 1.54) is 16.5 Å². The molecular formula is C10H15BrN2S. The zero-order valence-electron chi connectivity index (χ0n) is 8.24. The SMILES string of the molecule is CN1CCC(CN)C1c1cscc1Br. The molecule has 2 heterocycles. The maximum absolute atomic E-state index is 5.80. The number of hydrogen-bond acceptors (Lipinski definition) is 3. The van der Waals surface area contributed by atoms with Crippen LogP contribution in [0.2, 0.25) is 0 Å². The molecule has 0 radical (unpaired) electrons. The molecule has 2 rings (SSSR count). The van der Waals surface area contributed by atoms with Gasteiger partial charge in [0.1, 0.15) is 0 Å². The minimum Gasteiger partial charge on any atom is -0.330 e. The summed E-state index contributed by atoms with van der Waals surface area (Å²) in [6.07, 6.45) is 1.22. The fourth-order valence-corrected chi connectivity index (χ4v) is 3.83. The third-order valence-corrected chi connectivity index (χ3v) is 4.79. The number of halogens is 1. The Labute approximate surface area is 97.2 Å². The molecule has 1 aliphatic rings. The molecule has 1 aromatic rings. The summed E-state index contributed by atoms with van der Waals surface area (Å²) in [5.41, 5.74) is 7.21. The molecule has 0 aromatic carbocycles. The van der Waals surface area contributed by atoms with Crippen molar-refractivity contribution in [1.82, 2.24) is 4.90 Å². The van der Waals surface area contributed by atoms with Crippen LogP contribution in [0.3, 0.4) is 0 Å². The highest BCUT2D eigenvalue weighted by molar-refractivity contribution is 9.10. The van der Waals surface area contributed by atoms with E-state index in [4.69, 9.17) is 5.73 Å². The second-order valence-corrected chi connectivity index (χ2v) is 5.48. The molecule has 2 N–H and O–H groups in total. The lowest BCUT2D eigenvalue weighted by molar-refractivity contribution is 0.279. The van der Waals surface area contributed by atoms with Gasteiger partial charge in [0.05, 0.1) is 0 Å². The molecule has 2 nitrogen and oxygen atoms in total. The van der Waals surface area contributed by atoms with E-state index in [-0.39, 0.29) is 0 Å². The average Bonchev–Trinajstić information content (AvgIpc) is 2.72. The molecule has 78 valence electrons. The van der Waals surface area contributed by atoms with Crippen molar-refractivity contribution in [2.24, 2.45) is 11.7 Å². The molecule has 1 saturated heterocycles. The third-order valence-electron chi connectivity index (χ3n) is 3.04. The second kappa shape index (κ2) is 4.31. The van der Waals surface area contributed by atoms with Gasteiger partial charge < -0.3 is 5.73 Å². The highest BCUT2D eigenvalue weighted by atomic mass is 79.9. The predicted molar refractivity (Wildman–Crippen MR) is 64.6 cm³/mol. The van der Waals surface area contributed by atoms with Crippen molar-refractivity contribution in [2.45, 2.75) is 12.5 Å². The molecule has 1 aliphatic heterocycles. The topological polar surface area (TPSA) is 29.3 Å². The number of nitrogens with zero attached hydrogens (tertiary/aromatic N) is 1. The normalized spacial score (nSPS) is 28.5. The van der Waals surface area contributed by atoms with Gasteiger partial charge in [-0.3, -0.25) is 4.90 Å². The molecule has 0 bridgehead atoms. The molecule has 0 saturated carbocycles. The summed E-state index contributed by atoms with van der Waals surface area (Å²) in [4.78, 5) is 2.41. The van der Waals surface area contributed by atoms with E-state index >= 15 is 0 Å². The van der Waals surface area contributed by atoms with Crippen LogP contribution >= 0.6 is 27.3 Å². The van der Waals surface area contributed by atoms with E-state index in [0.717, 1.165) is 13.1 Å². The number of likely N-dealkylation sites (tertiary alicyclic amines) is 1. The molecular weight excluding hydrogens is 260 g/mol. The van der Waals surface area contributed by atoms with Crippen LogP contribution in [-0.2, 0) is 0 Å². The summed E-state index contributed by atoms with van der Waals surface area (Å²) in [6.45, 7) is 1.95. The maximum Gasteiger partial charge on any atom is 0.0405 e. The number of thiophene rings is 1. The third kappa shape index (κ3) is 1.76. The van der Waals surface area contributed by atoms with Crippen LogP contribution in [0, 0.1) is 5.92 Å². The largest absolute Gasteiger partial charge is 0.330 e. The lowest BCUT2D eigenvalue weighted by Gasteiger charge is -2.24. The Balaban J connectivity index is 2.27. The molecule has 4 heteroatoms. The van der Waals surface area contributed by atoms with Crippen LogP contribution in [0.1, 0.15) is 18.0 Å². The van der Waals surface area contributed by atoms with Crippen LogP contribution in [0.5, 0.6) is 0 Å². The lowest BCUT2D eigenvalue weighted by Crippen LogP contribution is -2.24. The number of rotatable bonds is 2. The summed E-state index contributed by atoms with van der Waals surface area (Å²) in [5, 5.41) is 4.38. The minimum absolute atomic E-state index is 0.514. The van der Waals surface area contributed by atoms with Gasteiger partial charge in [-0.05, 0) is 59.3 Å². The summed E-state index contributed by atoms with van der Waals surface area (Å²) < 4.78 is 1.24. The van der Waals surface area contributed by atoms with Crippen LogP contribution in [0.25, 0.3) is 0 Å². The van der Waals surface area contributed by atoms with Gasteiger partial charge in [-0.1, -0.05) is 0 Å². The molecule has 0 aliphatic carbocycles. The van der Waals surface area contributed by atoms with Gasteiger partial charge in [0.2, 0.25) is 0 Å². The zero-order valence-corrected chi connectivity index (χ0v) is 10.6. The lowest BCUT2D eigenvalue weighted by atomic mass is 9.96. The Morgan fingerprint density at radius 1 is 1.64 bits per heavy atom. The van der Waals surface area contributed by atoms with E-state index in [1.807, 2.05) is 0 Å². The quantitative estimate of drug-likeness (QED) is 0.898. The van der Waals surface area contributed by atoms with Crippen molar-refractivity contribution < 1.29 is 0 Å². The molecule has 1 fully saturated rings. The summed E-state index contributed by atoms with van der Waals surface area (Å²) >= 11 is 5.36. The van der Waals surface area contributed by atoms with Crippen molar-refractivity contribution in [3.8, 4) is 0 Å². The summed E-state index contributed by atoms with van der Waals surface area (Å²) in [5.74, 6) is 0.617. The molecule has 2 unspecified atom stereocenters. The van der Waals surface area contributed by atoms with Gasteiger partial charge >= 0.3 is 0 Å². The Hall–Kier alpha value is 0.100. The highest BCUT2D eigenvalue weighted by Crippen LogP contribution is 2.40. The monoisotopic (exact) mass is 274 g/mol. The first kappa shape index (κ1) is 10.6. The second-order valence-electron chi connectivity index (χ2n) is 3.88. The Kier molecular flexibility index (Phi) is 3.27. The van der Waals surface area contributed by atoms with Crippen molar-refractivity contribution in [3.63, 3.8) is 0 Å². The van der Waals surface area contributed by atoms with Crippen LogP contribution in [-0.4, -0.2) is 25.0 Å². The first-order chi connectivity index (χ1) is 6.74. The summed E-state index contributed by atoms with van der Waals surface area (Å²) in [7, 11) is 2.18. The molecule has 1 aromatic heterocycles. The molecule has 2 atom stereocenters. The van der Waals surface area contributed by atoms with Gasteiger partial charge in [0, 0.05) is 15.9 Å². The van der Waals surface area contributed by atoms with E-state index in [1.54, 1.807) is 11.3 Å². The molecule has 0 amide bonds. The van der Waals surface area contributed by atoms with Crippen LogP contribution in [0.15, 0.2) is 15.2 Å². The standard InChI is InChI=1S/C10H15BrN2S/c1-13-3-2-7(4-12)10(13)8-5-14-6-9(8)11/h5-7,10H,2-4,12H2,1H3. The molecule has 14 heavy (non-hydrogen) atoms. The van der Waals surface area contributed by atoms with E-state index in [2.05, 4.69) is 38.6 Å². The average molecular weight is 275 g/mol. The Morgan fingerprint density at radius 2 is 2.43 bits per heavy atom. The van der Waals surface area contributed by atoms with Crippen LogP contribution < -0.4 is 5.73 Å². The van der Waals surface area contributed by atoms with Crippen molar-refractivity contribution in [1.29, 1.82) is 0 Å². The van der Waals surface area contributed by atoms with Crippen LogP contribution in [0.4, 0.5) is 0 Å². The van der Waals surface area contributed by atoms with Gasteiger partial charge in [-0.2, -0.15) is 11.3 Å². The van der Waals surface area contributed by atoms with Gasteiger partial charge in [0.15, 0.2) is 0 Å². The van der Waals surface area contributed by atoms with Gasteiger partial charge in [-0.25, -0.2) is 0 Å². The maximum atomic E-state index is 5.80. The van der Waals surface area contributed by atoms with E-state index in [9.17, 15) is 0 Å². The van der Waals surface area contributed by atoms with E-state index in [0.29, 0.717) is 12.0 Å². The zero-order chi connectivity index (χ0) is 10.1. The number of hydrogen-bond donors (Lipinski definition) is 1. The predicted octanol–water partition coefficient (Wildman–Crippen LogP) is 2.46. The Morgan fingerprint density at radius 3 is 3.00 bits per heavy atom. The highest BCUT2D eigenvalue weighted by Gasteiger charge is 2.33. The van der Waals surface area contributed by atoms with E-state index < -0.39 is 0 Å². The minimum atomic E-state index is 0.514. The van der Waals surface area contributed by atoms with Crippen molar-refractivity contribution in [3.05, 3.63) is 20.8 Å². The van der Waals surface area contributed by atoms with Crippen molar-refractivity contribution >= 4 is 27.3 Å². The number of nitrogens with two attached hydrogens (primary N) is 1. The van der Waals surface area contributed by atoms with Gasteiger partial charge in [0.25, 0.3) is 0 Å². The first-order valence-electron chi connectivity index (χ1n) is 4.86. The fourth-order valence-electron chi connectivity index (χ4n) is 2.27. The first-order valence-corrected chi connectivity index (χ1v) is 6.59.